The molecule has 3 aromatic carbocycles. The van der Waals surface area contributed by atoms with Gasteiger partial charge in [-0.1, -0.05) is 49.4 Å². The molecular formula is C23H24N2O4S2. The highest BCUT2D eigenvalue weighted by atomic mass is 32.2. The van der Waals surface area contributed by atoms with Gasteiger partial charge in [0.05, 0.1) is 17.6 Å². The Morgan fingerprint density at radius 1 is 0.968 bits per heavy atom. The van der Waals surface area contributed by atoms with Gasteiger partial charge in [-0.15, -0.1) is 11.8 Å². The van der Waals surface area contributed by atoms with Crippen LogP contribution in [0.15, 0.2) is 83.8 Å². The number of para-hydroxylation sites is 4. The van der Waals surface area contributed by atoms with Crippen molar-refractivity contribution >= 4 is 39.1 Å². The summed E-state index contributed by atoms with van der Waals surface area (Å²) in [6.45, 7) is 1.65. The molecule has 31 heavy (non-hydrogen) atoms. The second kappa shape index (κ2) is 10.4. The van der Waals surface area contributed by atoms with Crippen molar-refractivity contribution in [3.63, 3.8) is 0 Å². The molecule has 0 spiro atoms. The molecule has 1 amide bonds. The zero-order valence-electron chi connectivity index (χ0n) is 17.3. The molecule has 0 aliphatic carbocycles. The topological polar surface area (TPSA) is 75.7 Å². The molecule has 0 fully saturated rings. The van der Waals surface area contributed by atoms with Crippen molar-refractivity contribution in [2.75, 3.05) is 28.2 Å². The summed E-state index contributed by atoms with van der Waals surface area (Å²) in [5.74, 6) is 1.32. The van der Waals surface area contributed by atoms with Gasteiger partial charge in [-0.2, -0.15) is 0 Å². The van der Waals surface area contributed by atoms with Crippen LogP contribution in [0.25, 0.3) is 0 Å². The summed E-state index contributed by atoms with van der Waals surface area (Å²) in [6.07, 6.45) is 1.07. The molecular weight excluding hydrogens is 432 g/mol. The molecule has 162 valence electrons. The molecule has 3 aromatic rings. The molecule has 0 atom stereocenters. The Hall–Kier alpha value is -2.97. The van der Waals surface area contributed by atoms with E-state index in [1.807, 2.05) is 43.3 Å². The molecule has 0 saturated carbocycles. The van der Waals surface area contributed by atoms with Crippen LogP contribution in [0.5, 0.6) is 11.5 Å². The van der Waals surface area contributed by atoms with Crippen molar-refractivity contribution < 1.29 is 17.9 Å². The van der Waals surface area contributed by atoms with Crippen molar-refractivity contribution in [3.05, 3.63) is 78.9 Å². The number of carbonyl (C=O) groups is 1. The fourth-order valence-electron chi connectivity index (χ4n) is 2.92. The monoisotopic (exact) mass is 456 g/mol. The Kier molecular flexibility index (Phi) is 7.59. The summed E-state index contributed by atoms with van der Waals surface area (Å²) in [4.78, 5) is 13.7. The first-order chi connectivity index (χ1) is 14.9. The molecule has 0 heterocycles. The highest BCUT2D eigenvalue weighted by Gasteiger charge is 2.24. The maximum Gasteiger partial charge on any atom is 0.245 e. The minimum atomic E-state index is -3.75. The summed E-state index contributed by atoms with van der Waals surface area (Å²) >= 11 is 1.60. The zero-order valence-corrected chi connectivity index (χ0v) is 18.9. The second-order valence-corrected chi connectivity index (χ2v) is 9.84. The van der Waals surface area contributed by atoms with E-state index >= 15 is 0 Å². The number of benzene rings is 3. The highest BCUT2D eigenvalue weighted by Crippen LogP contribution is 2.33. The first-order valence-corrected chi connectivity index (χ1v) is 12.5. The number of amides is 1. The van der Waals surface area contributed by atoms with Crippen molar-refractivity contribution in [1.82, 2.24) is 0 Å². The second-order valence-electron chi connectivity index (χ2n) is 6.63. The summed E-state index contributed by atoms with van der Waals surface area (Å²) in [6, 6.07) is 23.2. The van der Waals surface area contributed by atoms with E-state index in [1.165, 1.54) is 0 Å². The van der Waals surface area contributed by atoms with Crippen LogP contribution in [-0.2, 0) is 14.8 Å². The van der Waals surface area contributed by atoms with Crippen LogP contribution in [0.1, 0.15) is 6.92 Å². The predicted octanol–water partition coefficient (Wildman–Crippen LogP) is 5.00. The van der Waals surface area contributed by atoms with E-state index in [9.17, 15) is 13.2 Å². The van der Waals surface area contributed by atoms with Gasteiger partial charge in [-0.05, 0) is 42.2 Å². The standard InChI is InChI=1S/C23H24N2O4S2/c1-3-30-22-16-10-7-13-19(22)24-23(26)17-25(31(2,27)28)20-14-8-9-15-21(20)29-18-11-5-4-6-12-18/h4-16H,3,17H2,1-2H3,(H,24,26). The lowest BCUT2D eigenvalue weighted by Gasteiger charge is -2.24. The lowest BCUT2D eigenvalue weighted by molar-refractivity contribution is -0.114. The number of hydrogen-bond acceptors (Lipinski definition) is 5. The molecule has 0 unspecified atom stereocenters. The van der Waals surface area contributed by atoms with Crippen molar-refractivity contribution in [2.24, 2.45) is 0 Å². The molecule has 0 saturated heterocycles. The Labute approximate surface area is 187 Å². The third-order valence-corrected chi connectivity index (χ3v) is 6.34. The smallest absolute Gasteiger partial charge is 0.245 e. The number of nitrogens with zero attached hydrogens (tertiary/aromatic N) is 1. The Morgan fingerprint density at radius 2 is 1.61 bits per heavy atom. The largest absolute Gasteiger partial charge is 0.455 e. The van der Waals surface area contributed by atoms with Crippen LogP contribution in [0, 0.1) is 0 Å². The molecule has 0 aromatic heterocycles. The van der Waals surface area contributed by atoms with Crippen molar-refractivity contribution in [1.29, 1.82) is 0 Å². The lowest BCUT2D eigenvalue weighted by atomic mass is 10.2. The Morgan fingerprint density at radius 3 is 2.32 bits per heavy atom. The van der Waals surface area contributed by atoms with Gasteiger partial charge in [0.1, 0.15) is 12.3 Å². The summed E-state index contributed by atoms with van der Waals surface area (Å²) in [7, 11) is -3.75. The number of thioether (sulfide) groups is 1. The van der Waals surface area contributed by atoms with Gasteiger partial charge in [0, 0.05) is 4.90 Å². The number of nitrogens with one attached hydrogen (secondary N) is 1. The molecule has 0 aliphatic heterocycles. The van der Waals surface area contributed by atoms with E-state index in [-0.39, 0.29) is 6.54 Å². The van der Waals surface area contributed by atoms with Crippen molar-refractivity contribution in [3.8, 4) is 11.5 Å². The highest BCUT2D eigenvalue weighted by molar-refractivity contribution is 7.99. The van der Waals surface area contributed by atoms with Crippen LogP contribution in [-0.4, -0.2) is 32.9 Å². The van der Waals surface area contributed by atoms with Gasteiger partial charge in [0.25, 0.3) is 0 Å². The summed E-state index contributed by atoms with van der Waals surface area (Å²) in [5.41, 5.74) is 0.946. The fraction of sp³-hybridized carbons (Fsp3) is 0.174. The number of hydrogen-bond donors (Lipinski definition) is 1. The first kappa shape index (κ1) is 22.7. The van der Waals surface area contributed by atoms with E-state index in [0.29, 0.717) is 22.9 Å². The predicted molar refractivity (Wildman–Crippen MR) is 127 cm³/mol. The van der Waals surface area contributed by atoms with Gasteiger partial charge < -0.3 is 10.1 Å². The van der Waals surface area contributed by atoms with E-state index < -0.39 is 15.9 Å². The summed E-state index contributed by atoms with van der Waals surface area (Å²) < 4.78 is 32.1. The SMILES string of the molecule is CCSc1ccccc1NC(=O)CN(c1ccccc1Oc1ccccc1)S(C)(=O)=O. The maximum atomic E-state index is 12.8. The number of rotatable bonds is 9. The van der Waals surface area contributed by atoms with Crippen molar-refractivity contribution in [2.45, 2.75) is 11.8 Å². The third kappa shape index (κ3) is 6.26. The van der Waals surface area contributed by atoms with E-state index in [1.54, 1.807) is 54.2 Å². The number of carbonyl (C=O) groups excluding carboxylic acids is 1. The van der Waals surface area contributed by atoms with Gasteiger partial charge in [0.15, 0.2) is 5.75 Å². The minimum Gasteiger partial charge on any atom is -0.455 e. The quantitative estimate of drug-likeness (QED) is 0.459. The van der Waals surface area contributed by atoms with E-state index in [0.717, 1.165) is 21.2 Å². The first-order valence-electron chi connectivity index (χ1n) is 9.70. The zero-order chi connectivity index (χ0) is 22.3. The fourth-order valence-corrected chi connectivity index (χ4v) is 4.54. The van der Waals surface area contributed by atoms with E-state index in [4.69, 9.17) is 4.74 Å². The average molecular weight is 457 g/mol. The van der Waals surface area contributed by atoms with Gasteiger partial charge in [0.2, 0.25) is 15.9 Å². The van der Waals surface area contributed by atoms with E-state index in [2.05, 4.69) is 5.32 Å². The van der Waals surface area contributed by atoms with Crippen LogP contribution < -0.4 is 14.4 Å². The maximum absolute atomic E-state index is 12.8. The normalized spacial score (nSPS) is 11.0. The average Bonchev–Trinajstić information content (AvgIpc) is 2.74. The van der Waals surface area contributed by atoms with Crippen LogP contribution in [0.3, 0.4) is 0 Å². The van der Waals surface area contributed by atoms with Crippen LogP contribution >= 0.6 is 11.8 Å². The lowest BCUT2D eigenvalue weighted by Crippen LogP contribution is -2.37. The molecule has 8 heteroatoms. The van der Waals surface area contributed by atoms with Gasteiger partial charge in [-0.25, -0.2) is 8.42 Å². The Balaban J connectivity index is 1.86. The third-order valence-electron chi connectivity index (χ3n) is 4.25. The van der Waals surface area contributed by atoms with Crippen LogP contribution in [0.4, 0.5) is 11.4 Å². The number of anilines is 2. The molecule has 1 N–H and O–H groups in total. The number of ether oxygens (including phenoxy) is 1. The summed E-state index contributed by atoms with van der Waals surface area (Å²) in [5, 5.41) is 2.83. The molecule has 0 bridgehead atoms. The van der Waals surface area contributed by atoms with Crippen LogP contribution in [0.2, 0.25) is 0 Å². The van der Waals surface area contributed by atoms with Gasteiger partial charge >= 0.3 is 0 Å². The molecule has 0 radical (unpaired) electrons. The number of sulfonamides is 1. The Bertz CT molecular complexity index is 1140. The molecule has 6 nitrogen and oxygen atoms in total. The molecule has 0 aliphatic rings. The van der Waals surface area contributed by atoms with Gasteiger partial charge in [-0.3, -0.25) is 9.10 Å². The minimum absolute atomic E-state index is 0.292. The molecule has 3 rings (SSSR count).